The average molecular weight is 259 g/mol. The van der Waals surface area contributed by atoms with Crippen LogP contribution >= 0.6 is 11.6 Å². The maximum Gasteiger partial charge on any atom is 0.158 e. The molecule has 90 valence electrons. The molecule has 0 aliphatic heterocycles. The molecule has 2 rings (SSSR count). The third kappa shape index (κ3) is 2.76. The lowest BCUT2D eigenvalue weighted by Crippen LogP contribution is -2.08. The Labute approximate surface area is 110 Å². The lowest BCUT2D eigenvalue weighted by molar-refractivity contribution is 0.871. The van der Waals surface area contributed by atoms with Gasteiger partial charge >= 0.3 is 0 Å². The maximum absolute atomic E-state index is 8.63. The van der Waals surface area contributed by atoms with Crippen molar-refractivity contribution in [1.82, 2.24) is 9.97 Å². The highest BCUT2D eigenvalue weighted by Gasteiger charge is 2.09. The second-order valence-electron chi connectivity index (χ2n) is 3.79. The molecule has 0 bridgehead atoms. The van der Waals surface area contributed by atoms with E-state index in [1.807, 2.05) is 37.3 Å². The van der Waals surface area contributed by atoms with Crippen LogP contribution in [-0.4, -0.2) is 9.97 Å². The Morgan fingerprint density at radius 3 is 2.67 bits per heavy atom. The molecule has 0 saturated heterocycles. The number of nitrogens with one attached hydrogen (secondary N) is 1. The van der Waals surface area contributed by atoms with Gasteiger partial charge in [0.1, 0.15) is 11.9 Å². The Morgan fingerprint density at radius 2 is 2.06 bits per heavy atom. The van der Waals surface area contributed by atoms with Crippen LogP contribution < -0.4 is 5.32 Å². The van der Waals surface area contributed by atoms with Gasteiger partial charge in [-0.25, -0.2) is 9.97 Å². The van der Waals surface area contributed by atoms with Gasteiger partial charge in [0, 0.05) is 5.02 Å². The van der Waals surface area contributed by atoms with Crippen molar-refractivity contribution in [2.75, 3.05) is 5.32 Å². The highest BCUT2D eigenvalue weighted by molar-refractivity contribution is 6.31. The monoisotopic (exact) mass is 258 g/mol. The van der Waals surface area contributed by atoms with Gasteiger partial charge in [-0.15, -0.1) is 0 Å². The molecular weight excluding hydrogens is 248 g/mol. The first-order valence-electron chi connectivity index (χ1n) is 5.44. The minimum Gasteiger partial charge on any atom is -0.362 e. The van der Waals surface area contributed by atoms with Crippen LogP contribution in [0.25, 0.3) is 0 Å². The molecular formula is C13H11ClN4. The molecule has 18 heavy (non-hydrogen) atoms. The van der Waals surface area contributed by atoms with Crippen molar-refractivity contribution < 1.29 is 0 Å². The summed E-state index contributed by atoms with van der Waals surface area (Å²) in [6.07, 6.45) is 2.97. The summed E-state index contributed by atoms with van der Waals surface area (Å²) < 4.78 is 0. The van der Waals surface area contributed by atoms with Crippen LogP contribution in [0.5, 0.6) is 0 Å². The fourth-order valence-electron chi connectivity index (χ4n) is 1.59. The smallest absolute Gasteiger partial charge is 0.158 e. The summed E-state index contributed by atoms with van der Waals surface area (Å²) in [6.45, 7) is 1.99. The molecule has 0 saturated carbocycles. The van der Waals surface area contributed by atoms with Crippen LogP contribution in [-0.2, 0) is 0 Å². The Balaban J connectivity index is 2.14. The van der Waals surface area contributed by atoms with Gasteiger partial charge in [-0.05, 0) is 18.6 Å². The topological polar surface area (TPSA) is 61.6 Å². The van der Waals surface area contributed by atoms with Gasteiger partial charge in [0.25, 0.3) is 0 Å². The lowest BCUT2D eigenvalue weighted by Gasteiger charge is -2.15. The number of aromatic nitrogens is 2. The largest absolute Gasteiger partial charge is 0.362 e. The number of hydrogen-bond acceptors (Lipinski definition) is 4. The molecule has 1 atom stereocenters. The predicted molar refractivity (Wildman–Crippen MR) is 70.2 cm³/mol. The number of benzene rings is 1. The van der Waals surface area contributed by atoms with Crippen molar-refractivity contribution in [1.29, 1.82) is 5.26 Å². The van der Waals surface area contributed by atoms with Crippen LogP contribution in [0.2, 0.25) is 5.02 Å². The van der Waals surface area contributed by atoms with Gasteiger partial charge in [0.05, 0.1) is 18.4 Å². The fraction of sp³-hybridized carbons (Fsp3) is 0.154. The van der Waals surface area contributed by atoms with Gasteiger partial charge in [-0.2, -0.15) is 5.26 Å². The first-order chi connectivity index (χ1) is 8.70. The first kappa shape index (κ1) is 12.3. The van der Waals surface area contributed by atoms with E-state index in [0.717, 1.165) is 5.56 Å². The van der Waals surface area contributed by atoms with Crippen molar-refractivity contribution in [3.05, 3.63) is 52.9 Å². The zero-order valence-electron chi connectivity index (χ0n) is 9.76. The average Bonchev–Trinajstić information content (AvgIpc) is 2.40. The van der Waals surface area contributed by atoms with E-state index in [-0.39, 0.29) is 6.04 Å². The minimum absolute atomic E-state index is 0.0148. The van der Waals surface area contributed by atoms with Crippen molar-refractivity contribution in [3.8, 4) is 6.07 Å². The molecule has 4 nitrogen and oxygen atoms in total. The van der Waals surface area contributed by atoms with Crippen LogP contribution in [0.3, 0.4) is 0 Å². The van der Waals surface area contributed by atoms with E-state index in [9.17, 15) is 0 Å². The van der Waals surface area contributed by atoms with Crippen LogP contribution in [0.4, 0.5) is 5.82 Å². The summed E-state index contributed by atoms with van der Waals surface area (Å²) in [5.74, 6) is 0.612. The fourth-order valence-corrected chi connectivity index (χ4v) is 1.89. The second kappa shape index (κ2) is 5.48. The van der Waals surface area contributed by atoms with Crippen molar-refractivity contribution >= 4 is 17.4 Å². The zero-order valence-corrected chi connectivity index (χ0v) is 10.5. The molecule has 2 aromatic rings. The third-order valence-corrected chi connectivity index (χ3v) is 2.85. The molecule has 0 aliphatic rings. The standard InChI is InChI=1S/C13H11ClN4/c1-9(11-4-2-3-5-12(11)14)18-13-8-16-10(6-15)7-17-13/h2-5,7-9H,1H3,(H,17,18). The Bertz CT molecular complexity index is 574. The van der Waals surface area contributed by atoms with Crippen molar-refractivity contribution in [3.63, 3.8) is 0 Å². The summed E-state index contributed by atoms with van der Waals surface area (Å²) in [6, 6.07) is 9.57. The number of rotatable bonds is 3. The highest BCUT2D eigenvalue weighted by Crippen LogP contribution is 2.24. The van der Waals surface area contributed by atoms with Gasteiger partial charge < -0.3 is 5.32 Å². The SMILES string of the molecule is CC(Nc1cnc(C#N)cn1)c1ccccc1Cl. The molecule has 5 heteroatoms. The maximum atomic E-state index is 8.63. The number of hydrogen-bond donors (Lipinski definition) is 1. The third-order valence-electron chi connectivity index (χ3n) is 2.50. The van der Waals surface area contributed by atoms with E-state index in [2.05, 4.69) is 15.3 Å². The predicted octanol–water partition coefficient (Wildman–Crippen LogP) is 3.17. The number of nitrogens with zero attached hydrogens (tertiary/aromatic N) is 3. The lowest BCUT2D eigenvalue weighted by atomic mass is 10.1. The Morgan fingerprint density at radius 1 is 1.28 bits per heavy atom. The molecule has 1 unspecified atom stereocenters. The minimum atomic E-state index is 0.0148. The van der Waals surface area contributed by atoms with Gasteiger partial charge in [-0.1, -0.05) is 29.8 Å². The quantitative estimate of drug-likeness (QED) is 0.919. The highest BCUT2D eigenvalue weighted by atomic mass is 35.5. The van der Waals surface area contributed by atoms with E-state index < -0.39 is 0 Å². The van der Waals surface area contributed by atoms with Crippen LogP contribution in [0.15, 0.2) is 36.7 Å². The first-order valence-corrected chi connectivity index (χ1v) is 5.81. The number of halogens is 1. The summed E-state index contributed by atoms with van der Waals surface area (Å²) in [4.78, 5) is 8.05. The molecule has 1 aromatic carbocycles. The van der Waals surface area contributed by atoms with E-state index in [1.54, 1.807) is 0 Å². The van der Waals surface area contributed by atoms with Crippen LogP contribution in [0.1, 0.15) is 24.2 Å². The summed E-state index contributed by atoms with van der Waals surface area (Å²) in [5, 5.41) is 12.5. The summed E-state index contributed by atoms with van der Waals surface area (Å²) >= 11 is 6.11. The van der Waals surface area contributed by atoms with E-state index >= 15 is 0 Å². The molecule has 0 fully saturated rings. The molecule has 0 aliphatic carbocycles. The second-order valence-corrected chi connectivity index (χ2v) is 4.19. The van der Waals surface area contributed by atoms with Gasteiger partial charge in [0.15, 0.2) is 5.69 Å². The van der Waals surface area contributed by atoms with Gasteiger partial charge in [0.2, 0.25) is 0 Å². The van der Waals surface area contributed by atoms with E-state index in [0.29, 0.717) is 16.5 Å². The number of nitriles is 1. The van der Waals surface area contributed by atoms with Crippen molar-refractivity contribution in [2.45, 2.75) is 13.0 Å². The molecule has 0 spiro atoms. The van der Waals surface area contributed by atoms with Crippen molar-refractivity contribution in [2.24, 2.45) is 0 Å². The van der Waals surface area contributed by atoms with Gasteiger partial charge in [-0.3, -0.25) is 0 Å². The number of anilines is 1. The molecule has 1 N–H and O–H groups in total. The van der Waals surface area contributed by atoms with Crippen LogP contribution in [0, 0.1) is 11.3 Å². The molecule has 1 heterocycles. The van der Waals surface area contributed by atoms with E-state index in [4.69, 9.17) is 16.9 Å². The molecule has 0 radical (unpaired) electrons. The normalized spacial score (nSPS) is 11.6. The molecule has 1 aromatic heterocycles. The summed E-state index contributed by atoms with van der Waals surface area (Å²) in [5.41, 5.74) is 1.29. The Hall–Kier alpha value is -2.12. The molecule has 0 amide bonds. The zero-order chi connectivity index (χ0) is 13.0. The van der Waals surface area contributed by atoms with E-state index in [1.165, 1.54) is 12.4 Å². The Kier molecular flexibility index (Phi) is 3.75. The summed E-state index contributed by atoms with van der Waals surface area (Å²) in [7, 11) is 0.